The van der Waals surface area contributed by atoms with Gasteiger partial charge in [-0.3, -0.25) is 9.59 Å². The van der Waals surface area contributed by atoms with E-state index in [-0.39, 0.29) is 35.9 Å². The van der Waals surface area contributed by atoms with Crippen molar-refractivity contribution in [2.45, 2.75) is 26.3 Å². The number of nitrogens with one attached hydrogen (secondary N) is 1. The summed E-state index contributed by atoms with van der Waals surface area (Å²) < 4.78 is 29.3. The number of amides is 2. The molecule has 4 rings (SSSR count). The monoisotopic (exact) mass is 438 g/mol. The van der Waals surface area contributed by atoms with E-state index in [1.807, 2.05) is 0 Å². The van der Waals surface area contributed by atoms with E-state index in [0.717, 1.165) is 0 Å². The predicted octanol–water partition coefficient (Wildman–Crippen LogP) is 3.63. The van der Waals surface area contributed by atoms with Gasteiger partial charge in [-0.1, -0.05) is 6.07 Å². The lowest BCUT2D eigenvalue weighted by Gasteiger charge is -2.31. The van der Waals surface area contributed by atoms with Crippen LogP contribution in [0, 0.1) is 24.5 Å². The van der Waals surface area contributed by atoms with Gasteiger partial charge < -0.3 is 14.8 Å². The minimum Gasteiger partial charge on any atom is -0.352 e. The summed E-state index contributed by atoms with van der Waals surface area (Å²) in [6.07, 6.45) is 4.40. The van der Waals surface area contributed by atoms with Crippen LogP contribution in [0.4, 0.5) is 8.78 Å². The van der Waals surface area contributed by atoms with Crippen molar-refractivity contribution in [3.05, 3.63) is 83.4 Å². The summed E-state index contributed by atoms with van der Waals surface area (Å²) in [6.45, 7) is 2.95. The number of aryl methyl sites for hydroxylation is 1. The number of halogens is 2. The number of piperidine rings is 1. The molecule has 2 aromatic carbocycles. The van der Waals surface area contributed by atoms with Gasteiger partial charge >= 0.3 is 0 Å². The summed E-state index contributed by atoms with van der Waals surface area (Å²) in [7, 11) is 0. The van der Waals surface area contributed by atoms with Crippen LogP contribution in [-0.2, 0) is 11.3 Å². The van der Waals surface area contributed by atoms with Gasteiger partial charge in [0.1, 0.15) is 17.5 Å². The molecule has 1 aliphatic heterocycles. The highest BCUT2D eigenvalue weighted by Crippen LogP contribution is 2.21. The van der Waals surface area contributed by atoms with Crippen molar-refractivity contribution < 1.29 is 18.4 Å². The second-order valence-electron chi connectivity index (χ2n) is 7.92. The summed E-state index contributed by atoms with van der Waals surface area (Å²) in [5, 5.41) is 2.87. The van der Waals surface area contributed by atoms with E-state index < -0.39 is 0 Å². The van der Waals surface area contributed by atoms with Crippen molar-refractivity contribution in [1.82, 2.24) is 19.8 Å². The van der Waals surface area contributed by atoms with E-state index in [9.17, 15) is 18.4 Å². The van der Waals surface area contributed by atoms with E-state index in [1.165, 1.54) is 30.3 Å². The number of hydrogen-bond donors (Lipinski definition) is 1. The third kappa shape index (κ3) is 4.69. The lowest BCUT2D eigenvalue weighted by molar-refractivity contribution is -0.126. The Balaban J connectivity index is 1.29. The molecule has 1 aromatic heterocycles. The van der Waals surface area contributed by atoms with Crippen molar-refractivity contribution >= 4 is 11.8 Å². The number of benzene rings is 2. The van der Waals surface area contributed by atoms with Gasteiger partial charge in [0.05, 0.1) is 5.69 Å². The molecule has 1 fully saturated rings. The Labute approximate surface area is 184 Å². The van der Waals surface area contributed by atoms with Crippen LogP contribution in [0.5, 0.6) is 0 Å². The summed E-state index contributed by atoms with van der Waals surface area (Å²) in [4.78, 5) is 30.9. The van der Waals surface area contributed by atoms with Crippen LogP contribution in [0.15, 0.2) is 54.9 Å². The van der Waals surface area contributed by atoms with Crippen LogP contribution in [-0.4, -0.2) is 39.4 Å². The van der Waals surface area contributed by atoms with Crippen molar-refractivity contribution in [3.63, 3.8) is 0 Å². The third-order valence-electron chi connectivity index (χ3n) is 5.81. The number of imidazole rings is 1. The zero-order chi connectivity index (χ0) is 22.7. The fraction of sp³-hybridized carbons (Fsp3) is 0.292. The average molecular weight is 438 g/mol. The molecule has 0 unspecified atom stereocenters. The van der Waals surface area contributed by atoms with Gasteiger partial charge in [-0.05, 0) is 61.7 Å². The molecule has 3 aromatic rings. The first-order valence-electron chi connectivity index (χ1n) is 10.5. The highest BCUT2D eigenvalue weighted by Gasteiger charge is 2.27. The Morgan fingerprint density at radius 1 is 1.09 bits per heavy atom. The smallest absolute Gasteiger partial charge is 0.253 e. The molecule has 8 heteroatoms. The third-order valence-corrected chi connectivity index (χ3v) is 5.81. The maximum Gasteiger partial charge on any atom is 0.253 e. The molecule has 0 aliphatic carbocycles. The molecule has 6 nitrogen and oxygen atoms in total. The van der Waals surface area contributed by atoms with Crippen molar-refractivity contribution in [2.75, 3.05) is 13.1 Å². The van der Waals surface area contributed by atoms with Crippen LogP contribution >= 0.6 is 0 Å². The maximum absolute atomic E-state index is 14.5. The highest BCUT2D eigenvalue weighted by atomic mass is 19.1. The number of aromatic nitrogens is 2. The Morgan fingerprint density at radius 2 is 1.81 bits per heavy atom. The molecular weight excluding hydrogens is 414 g/mol. The molecule has 0 bridgehead atoms. The zero-order valence-electron chi connectivity index (χ0n) is 17.7. The summed E-state index contributed by atoms with van der Waals surface area (Å²) in [6, 6.07) is 10.3. The number of nitrogens with zero attached hydrogens (tertiary/aromatic N) is 3. The SMILES string of the molecule is Cc1nccn1-c1ccc(CNC(=O)C2CCN(C(=O)c3ccc(F)cc3)CC2)cc1F. The van der Waals surface area contributed by atoms with Crippen LogP contribution in [0.2, 0.25) is 0 Å². The highest BCUT2D eigenvalue weighted by molar-refractivity contribution is 5.94. The molecule has 1 saturated heterocycles. The number of likely N-dealkylation sites (tertiary alicyclic amines) is 1. The molecular formula is C24H24F2N4O2. The van der Waals surface area contributed by atoms with Gasteiger partial charge in [-0.2, -0.15) is 0 Å². The van der Waals surface area contributed by atoms with Gasteiger partial charge in [0.25, 0.3) is 5.91 Å². The quantitative estimate of drug-likeness (QED) is 0.662. The van der Waals surface area contributed by atoms with E-state index >= 15 is 0 Å². The van der Waals surface area contributed by atoms with Crippen LogP contribution < -0.4 is 5.32 Å². The minimum absolute atomic E-state index is 0.103. The van der Waals surface area contributed by atoms with Gasteiger partial charge in [-0.25, -0.2) is 13.8 Å². The van der Waals surface area contributed by atoms with Crippen molar-refractivity contribution in [3.8, 4) is 5.69 Å². The molecule has 1 N–H and O–H groups in total. The molecule has 166 valence electrons. The number of hydrogen-bond acceptors (Lipinski definition) is 3. The van der Waals surface area contributed by atoms with E-state index in [2.05, 4.69) is 10.3 Å². The van der Waals surface area contributed by atoms with Gasteiger partial charge in [-0.15, -0.1) is 0 Å². The van der Waals surface area contributed by atoms with Crippen LogP contribution in [0.25, 0.3) is 5.69 Å². The van der Waals surface area contributed by atoms with Crippen LogP contribution in [0.1, 0.15) is 34.6 Å². The van der Waals surface area contributed by atoms with Crippen LogP contribution in [0.3, 0.4) is 0 Å². The van der Waals surface area contributed by atoms with Gasteiger partial charge in [0.2, 0.25) is 5.91 Å². The predicted molar refractivity (Wildman–Crippen MR) is 115 cm³/mol. The molecule has 0 radical (unpaired) electrons. The zero-order valence-corrected chi connectivity index (χ0v) is 17.7. The molecule has 0 saturated carbocycles. The van der Waals surface area contributed by atoms with Crippen molar-refractivity contribution in [2.24, 2.45) is 5.92 Å². The first-order valence-corrected chi connectivity index (χ1v) is 10.5. The Morgan fingerprint density at radius 3 is 2.44 bits per heavy atom. The summed E-state index contributed by atoms with van der Waals surface area (Å²) in [5.41, 5.74) is 1.51. The minimum atomic E-state index is -0.386. The maximum atomic E-state index is 14.5. The van der Waals surface area contributed by atoms with E-state index in [1.54, 1.807) is 40.9 Å². The Bertz CT molecular complexity index is 1120. The molecule has 32 heavy (non-hydrogen) atoms. The second kappa shape index (κ2) is 9.30. The summed E-state index contributed by atoms with van der Waals surface area (Å²) in [5.74, 6) is -0.547. The van der Waals surface area contributed by atoms with Gasteiger partial charge in [0.15, 0.2) is 0 Å². The standard InChI is InChI=1S/C24H24F2N4O2/c1-16-27-10-13-30(16)22-7-2-17(14-21(22)26)15-28-23(31)18-8-11-29(12-9-18)24(32)19-3-5-20(25)6-4-19/h2-7,10,13-14,18H,8-9,11-12,15H2,1H3,(H,28,31). The summed E-state index contributed by atoms with van der Waals surface area (Å²) >= 11 is 0. The first-order chi connectivity index (χ1) is 15.4. The molecule has 1 aliphatic rings. The molecule has 0 atom stereocenters. The number of carbonyl (C=O) groups is 2. The largest absolute Gasteiger partial charge is 0.352 e. The normalized spacial score (nSPS) is 14.4. The lowest BCUT2D eigenvalue weighted by atomic mass is 9.95. The van der Waals surface area contributed by atoms with Gasteiger partial charge in [0, 0.05) is 43.5 Å². The first kappa shape index (κ1) is 21.7. The fourth-order valence-corrected chi connectivity index (χ4v) is 3.94. The number of rotatable bonds is 5. The molecule has 2 amide bonds. The second-order valence-corrected chi connectivity index (χ2v) is 7.92. The van der Waals surface area contributed by atoms with E-state index in [4.69, 9.17) is 0 Å². The molecule has 2 heterocycles. The average Bonchev–Trinajstić information content (AvgIpc) is 3.23. The number of carbonyl (C=O) groups excluding carboxylic acids is 2. The topological polar surface area (TPSA) is 67.2 Å². The van der Waals surface area contributed by atoms with E-state index in [0.29, 0.717) is 48.6 Å². The molecule has 0 spiro atoms. The fourth-order valence-electron chi connectivity index (χ4n) is 3.94. The Hall–Kier alpha value is -3.55. The van der Waals surface area contributed by atoms with Crippen molar-refractivity contribution in [1.29, 1.82) is 0 Å². The lowest BCUT2D eigenvalue weighted by Crippen LogP contribution is -2.42. The Kier molecular flexibility index (Phi) is 6.30.